The Kier molecular flexibility index (Phi) is 32.2. The third kappa shape index (κ3) is 22.7. The Morgan fingerprint density at radius 1 is 0.309 bits per heavy atom. The van der Waals surface area contributed by atoms with Crippen molar-refractivity contribution in [2.75, 3.05) is 59.5 Å². The van der Waals surface area contributed by atoms with Gasteiger partial charge in [-0.3, -0.25) is 43.2 Å². The van der Waals surface area contributed by atoms with E-state index in [4.69, 9.17) is 42.6 Å². The number of hydrogen-bond donors (Lipinski definition) is 0. The lowest BCUT2D eigenvalue weighted by molar-refractivity contribution is -0.169. The van der Waals surface area contributed by atoms with Crippen molar-refractivity contribution in [2.45, 2.75) is 166 Å². The molecule has 9 aromatic carbocycles. The largest absolute Gasteiger partial charge is 0.489 e. The molecule has 0 aliphatic rings. The number of carbonyl (C=O) groups excluding carboxylic acids is 9. The van der Waals surface area contributed by atoms with Crippen LogP contribution in [0, 0.1) is 52.9 Å². The highest BCUT2D eigenvalue weighted by molar-refractivity contribution is 7.94. The summed E-state index contributed by atoms with van der Waals surface area (Å²) in [5.74, 6) is -5.88. The first-order chi connectivity index (χ1) is 58.1. The third-order valence-electron chi connectivity index (χ3n) is 21.7. The molecule has 0 aliphatic heterocycles. The molecule has 0 aliphatic carbocycles. The van der Waals surface area contributed by atoms with E-state index in [9.17, 15) is 43.2 Å². The fourth-order valence-corrected chi connectivity index (χ4v) is 22.4. The van der Waals surface area contributed by atoms with Crippen LogP contribution in [0.1, 0.15) is 189 Å². The number of esters is 6. The Bertz CT molecular complexity index is 5120. The molecule has 0 saturated heterocycles. The molecule has 1 atom stereocenters. The van der Waals surface area contributed by atoms with Crippen LogP contribution in [0.5, 0.6) is 17.2 Å². The van der Waals surface area contributed by atoms with Gasteiger partial charge in [0.25, 0.3) is 0 Å². The molecule has 123 heavy (non-hydrogen) atoms. The minimum Gasteiger partial charge on any atom is -0.489 e. The molecule has 0 bridgehead atoms. The van der Waals surface area contributed by atoms with Crippen LogP contribution in [0.15, 0.2) is 200 Å². The number of ether oxygens (including phenoxy) is 9. The maximum Gasteiger partial charge on any atom is 0.320 e. The van der Waals surface area contributed by atoms with Crippen molar-refractivity contribution in [1.82, 2.24) is 0 Å². The van der Waals surface area contributed by atoms with E-state index in [2.05, 4.69) is 0 Å². The van der Waals surface area contributed by atoms with Gasteiger partial charge in [0, 0.05) is 81.9 Å². The molecule has 0 fully saturated rings. The standard InChI is InChI=1S/C99H113O21P3/c1-18-99(62-118-83(102)51-49-81(100)112-53-55-114-88-68(5)85(65(2)59-78(88)96(9,10)11)93(106)121(109,72-37-25-19-26-38-72)73-39-27-20-28-40-73,63-119-84(103)52-50-82(101)113-54-56-115-89-69(6)86(66(3)60-79(89)97(12,13)14)94(107)122(110,74-41-29-21-30-42-74)75-43-31-22-32-44-75)64-120-92(105)71(8)91(104)117-58-57-116-90-70(7)87(67(4)61-80(90)98(15,16)17)95(108)123(111,76-45-33-23-34-46-76)77-47-35-24-36-48-77/h19-48,59-61,71H,18,49-58,62-64H2,1-17H3. The van der Waals surface area contributed by atoms with E-state index in [1.807, 2.05) is 80.5 Å². The Labute approximate surface area is 722 Å². The zero-order valence-electron chi connectivity index (χ0n) is 73.4. The highest BCUT2D eigenvalue weighted by Crippen LogP contribution is 2.54. The Hall–Kier alpha value is -11.1. The molecule has 650 valence electrons. The summed E-state index contributed by atoms with van der Waals surface area (Å²) in [6.07, 6.45) is -1.85. The van der Waals surface area contributed by atoms with Crippen LogP contribution in [-0.4, -0.2) is 112 Å². The summed E-state index contributed by atoms with van der Waals surface area (Å²) >= 11 is 0. The van der Waals surface area contributed by atoms with Crippen LogP contribution in [0.4, 0.5) is 0 Å². The average Bonchev–Trinajstić information content (AvgIpc) is 0.751. The third-order valence-corrected chi connectivity index (χ3v) is 30.2. The van der Waals surface area contributed by atoms with Crippen LogP contribution in [0.25, 0.3) is 0 Å². The smallest absolute Gasteiger partial charge is 0.320 e. The summed E-state index contributed by atoms with van der Waals surface area (Å²) in [6, 6.07) is 57.2. The number of hydrogen-bond acceptors (Lipinski definition) is 21. The molecular formula is C99H113O21P3. The van der Waals surface area contributed by atoms with Crippen LogP contribution in [0.3, 0.4) is 0 Å². The van der Waals surface area contributed by atoms with Gasteiger partial charge in [-0.2, -0.15) is 0 Å². The zero-order valence-corrected chi connectivity index (χ0v) is 76.1. The van der Waals surface area contributed by atoms with Gasteiger partial charge in [-0.25, -0.2) is 0 Å². The van der Waals surface area contributed by atoms with Crippen molar-refractivity contribution in [3.05, 3.63) is 267 Å². The van der Waals surface area contributed by atoms with Gasteiger partial charge in [-0.15, -0.1) is 0 Å². The van der Waals surface area contributed by atoms with Crippen LogP contribution < -0.4 is 46.0 Å². The maximum absolute atomic E-state index is 15.4. The molecule has 24 heteroatoms. The number of benzene rings is 9. The van der Waals surface area contributed by atoms with E-state index in [1.54, 1.807) is 230 Å². The minimum atomic E-state index is -3.96. The fraction of sp³-hybridized carbons (Fsp3) is 0.364. The van der Waals surface area contributed by atoms with E-state index in [-0.39, 0.29) is 62.8 Å². The number of carbonyl (C=O) groups is 9. The summed E-state index contributed by atoms with van der Waals surface area (Å²) in [5, 5.41) is 2.24. The molecule has 0 aromatic heterocycles. The van der Waals surface area contributed by atoms with Crippen molar-refractivity contribution in [2.24, 2.45) is 11.3 Å². The molecule has 9 rings (SSSR count). The first-order valence-electron chi connectivity index (χ1n) is 41.2. The lowest BCUT2D eigenvalue weighted by Gasteiger charge is -2.31. The number of rotatable bonds is 39. The predicted octanol–water partition coefficient (Wildman–Crippen LogP) is 17.3. The van der Waals surface area contributed by atoms with Crippen molar-refractivity contribution >= 4 is 106 Å². The van der Waals surface area contributed by atoms with Gasteiger partial charge in [-0.1, -0.05) is 269 Å². The normalized spacial score (nSPS) is 12.3. The van der Waals surface area contributed by atoms with E-state index in [0.29, 0.717) is 82.5 Å². The van der Waals surface area contributed by atoms with Crippen LogP contribution >= 0.6 is 21.4 Å². The highest BCUT2D eigenvalue weighted by Gasteiger charge is 2.44. The monoisotopic (exact) mass is 1730 g/mol. The van der Waals surface area contributed by atoms with Crippen LogP contribution in [0.2, 0.25) is 0 Å². The second-order valence-corrected chi connectivity index (χ2v) is 41.8. The minimum absolute atomic E-state index is 0.0260. The topological polar surface area (TPSA) is 288 Å². The molecular weight excluding hydrogens is 1620 g/mol. The lowest BCUT2D eigenvalue weighted by atomic mass is 9.83. The average molecular weight is 1730 g/mol. The van der Waals surface area contributed by atoms with Gasteiger partial charge in [0.05, 0.1) is 31.1 Å². The Morgan fingerprint density at radius 3 is 0.764 bits per heavy atom. The summed E-state index contributed by atoms with van der Waals surface area (Å²) in [5.41, 5.74) is 1.36. The summed E-state index contributed by atoms with van der Waals surface area (Å²) < 4.78 is 99.1. The number of aryl methyl sites for hydroxylation is 3. The quantitative estimate of drug-likeness (QED) is 0.0114. The van der Waals surface area contributed by atoms with E-state index in [0.717, 1.165) is 16.7 Å². The SMILES string of the molecule is CCC(COC(=O)CCC(=O)OCCOc1c(C(C)(C)C)cc(C)c(C(=O)P(=O)(c2ccccc2)c2ccccc2)c1C)(COC(=O)CCC(=O)OCCOc1c(C(C)(C)C)cc(C)c(C(=O)P(=O)(c2ccccc2)c2ccccc2)c1C)COC(=O)C(C)C(=O)OCCOc1c(C(C)(C)C)cc(C)c(C(=O)P(=O)(c2ccccc2)c2ccccc2)c1C. The molecule has 0 heterocycles. The molecule has 21 nitrogen and oxygen atoms in total. The molecule has 0 N–H and O–H groups in total. The van der Waals surface area contributed by atoms with Crippen molar-refractivity contribution in [3.63, 3.8) is 0 Å². The predicted molar refractivity (Wildman–Crippen MR) is 479 cm³/mol. The first kappa shape index (κ1) is 95.7. The second-order valence-electron chi connectivity index (χ2n) is 33.9. The van der Waals surface area contributed by atoms with Crippen molar-refractivity contribution < 1.29 is 99.5 Å². The molecule has 0 saturated carbocycles. The van der Waals surface area contributed by atoms with E-state index in [1.165, 1.54) is 6.92 Å². The first-order valence-corrected chi connectivity index (χ1v) is 46.3. The lowest BCUT2D eigenvalue weighted by Crippen LogP contribution is -2.40. The van der Waals surface area contributed by atoms with E-state index >= 15 is 13.7 Å². The molecule has 0 spiro atoms. The van der Waals surface area contributed by atoms with Gasteiger partial charge in [0.15, 0.2) is 5.92 Å². The zero-order chi connectivity index (χ0) is 90.0. The molecule has 0 amide bonds. The molecule has 9 aromatic rings. The van der Waals surface area contributed by atoms with Gasteiger partial charge in [0.2, 0.25) is 38.0 Å². The molecule has 0 radical (unpaired) electrons. The Morgan fingerprint density at radius 2 is 0.528 bits per heavy atom. The maximum atomic E-state index is 15.4. The second kappa shape index (κ2) is 41.4. The summed E-state index contributed by atoms with van der Waals surface area (Å²) in [7, 11) is -11.8. The molecule has 1 unspecified atom stereocenters. The summed E-state index contributed by atoms with van der Waals surface area (Å²) in [6.45, 7) is 28.2. The van der Waals surface area contributed by atoms with Gasteiger partial charge < -0.3 is 56.3 Å². The Balaban J connectivity index is 0.849. The van der Waals surface area contributed by atoms with Crippen molar-refractivity contribution in [3.8, 4) is 17.2 Å². The van der Waals surface area contributed by atoms with E-state index < -0.39 is 147 Å². The summed E-state index contributed by atoms with van der Waals surface area (Å²) in [4.78, 5) is 127. The van der Waals surface area contributed by atoms with Crippen LogP contribution in [-0.2, 0) is 87.1 Å². The van der Waals surface area contributed by atoms with Gasteiger partial charge in [-0.05, 0) is 87.8 Å². The fourth-order valence-electron chi connectivity index (χ4n) is 14.6. The van der Waals surface area contributed by atoms with Gasteiger partial charge >= 0.3 is 35.8 Å². The van der Waals surface area contributed by atoms with Crippen molar-refractivity contribution in [1.29, 1.82) is 0 Å². The van der Waals surface area contributed by atoms with Gasteiger partial charge in [0.1, 0.15) is 76.7 Å². The highest BCUT2D eigenvalue weighted by atomic mass is 31.2.